The lowest BCUT2D eigenvalue weighted by Crippen LogP contribution is -2.35. The van der Waals surface area contributed by atoms with Crippen molar-refractivity contribution >= 4 is 5.82 Å². The van der Waals surface area contributed by atoms with Crippen LogP contribution in [0.5, 0.6) is 0 Å². The number of halogens is 1. The van der Waals surface area contributed by atoms with Gasteiger partial charge in [0.05, 0.1) is 6.20 Å². The summed E-state index contributed by atoms with van der Waals surface area (Å²) in [5, 5.41) is 16.4. The van der Waals surface area contributed by atoms with E-state index >= 15 is 0 Å². The Morgan fingerprint density at radius 2 is 2.04 bits per heavy atom. The van der Waals surface area contributed by atoms with Gasteiger partial charge in [0, 0.05) is 30.3 Å². The van der Waals surface area contributed by atoms with Crippen molar-refractivity contribution in [1.82, 2.24) is 15.2 Å². The smallest absolute Gasteiger partial charge is 0.142 e. The van der Waals surface area contributed by atoms with Gasteiger partial charge in [0.1, 0.15) is 23.4 Å². The van der Waals surface area contributed by atoms with Crippen LogP contribution in [0.2, 0.25) is 0 Å². The second-order valence-electron chi connectivity index (χ2n) is 6.48. The summed E-state index contributed by atoms with van der Waals surface area (Å²) >= 11 is 0. The molecule has 0 bridgehead atoms. The summed E-state index contributed by atoms with van der Waals surface area (Å²) in [6.07, 6.45) is 3.88. The third kappa shape index (κ3) is 3.16. The maximum atomic E-state index is 13.2. The molecule has 1 aliphatic rings. The maximum Gasteiger partial charge on any atom is 0.142 e. The highest BCUT2D eigenvalue weighted by Crippen LogP contribution is 2.34. The molecule has 130 valence electrons. The molecule has 6 heteroatoms. The molecule has 1 atom stereocenters. The molecule has 0 amide bonds. The second-order valence-corrected chi connectivity index (χ2v) is 6.48. The first kappa shape index (κ1) is 16.3. The van der Waals surface area contributed by atoms with Crippen molar-refractivity contribution in [3.05, 3.63) is 65.9 Å². The van der Waals surface area contributed by atoms with Gasteiger partial charge in [0.2, 0.25) is 0 Å². The van der Waals surface area contributed by atoms with Gasteiger partial charge in [-0.2, -0.15) is 10.4 Å². The average Bonchev–Trinajstić information content (AvgIpc) is 3.18. The molecule has 1 N–H and O–H groups in total. The van der Waals surface area contributed by atoms with Crippen LogP contribution in [0.3, 0.4) is 0 Å². The van der Waals surface area contributed by atoms with E-state index in [4.69, 9.17) is 5.26 Å². The summed E-state index contributed by atoms with van der Waals surface area (Å²) < 4.78 is 13.2. The molecule has 0 saturated carbocycles. The predicted molar refractivity (Wildman–Crippen MR) is 97.1 cm³/mol. The number of aromatic nitrogens is 3. The van der Waals surface area contributed by atoms with Crippen LogP contribution in [-0.2, 0) is 0 Å². The van der Waals surface area contributed by atoms with Crippen molar-refractivity contribution in [2.24, 2.45) is 0 Å². The maximum absolute atomic E-state index is 13.2. The van der Waals surface area contributed by atoms with Crippen LogP contribution < -0.4 is 4.90 Å². The van der Waals surface area contributed by atoms with E-state index < -0.39 is 0 Å². The number of anilines is 1. The van der Waals surface area contributed by atoms with E-state index in [1.54, 1.807) is 24.4 Å². The zero-order valence-electron chi connectivity index (χ0n) is 14.2. The minimum absolute atomic E-state index is 0.244. The monoisotopic (exact) mass is 347 g/mol. The van der Waals surface area contributed by atoms with E-state index in [1.165, 1.54) is 12.1 Å². The summed E-state index contributed by atoms with van der Waals surface area (Å²) in [5.41, 5.74) is 3.46. The van der Waals surface area contributed by atoms with Crippen molar-refractivity contribution < 1.29 is 4.39 Å². The fraction of sp³-hybridized carbons (Fsp3) is 0.250. The topological polar surface area (TPSA) is 68.6 Å². The Morgan fingerprint density at radius 1 is 1.19 bits per heavy atom. The highest BCUT2D eigenvalue weighted by Gasteiger charge is 2.26. The fourth-order valence-corrected chi connectivity index (χ4v) is 3.55. The van der Waals surface area contributed by atoms with Gasteiger partial charge in [-0.05, 0) is 42.7 Å². The molecule has 1 aliphatic heterocycles. The Balaban J connectivity index is 1.60. The predicted octanol–water partition coefficient (Wildman–Crippen LogP) is 3.87. The third-order valence-corrected chi connectivity index (χ3v) is 4.83. The lowest BCUT2D eigenvalue weighted by molar-refractivity contribution is 0.498. The van der Waals surface area contributed by atoms with Crippen molar-refractivity contribution in [3.63, 3.8) is 0 Å². The fourth-order valence-electron chi connectivity index (χ4n) is 3.55. The zero-order chi connectivity index (χ0) is 17.9. The standard InChI is InChI=1S/C20H18FN5/c21-16-8-6-14(7-9-16)18-12-23-25-20(18)15-3-2-10-26(13-15)19-5-1-4-17(11-22)24-19/h1,4-9,12,15H,2-3,10,13H2,(H,23,25). The van der Waals surface area contributed by atoms with E-state index in [0.717, 1.165) is 48.6 Å². The Morgan fingerprint density at radius 3 is 2.85 bits per heavy atom. The first-order valence-corrected chi connectivity index (χ1v) is 8.66. The zero-order valence-corrected chi connectivity index (χ0v) is 14.2. The molecule has 1 unspecified atom stereocenters. The molecule has 26 heavy (non-hydrogen) atoms. The molecular weight excluding hydrogens is 329 g/mol. The number of piperidine rings is 1. The highest BCUT2D eigenvalue weighted by atomic mass is 19.1. The second kappa shape index (κ2) is 6.96. The molecule has 4 rings (SSSR count). The molecule has 5 nitrogen and oxygen atoms in total. The van der Waals surface area contributed by atoms with Gasteiger partial charge in [-0.25, -0.2) is 9.37 Å². The van der Waals surface area contributed by atoms with Crippen molar-refractivity contribution in [2.45, 2.75) is 18.8 Å². The SMILES string of the molecule is N#Cc1cccc(N2CCCC(c3[nH]ncc3-c3ccc(F)cc3)C2)n1. The summed E-state index contributed by atoms with van der Waals surface area (Å²) in [5.74, 6) is 0.863. The molecule has 1 aromatic carbocycles. The number of benzene rings is 1. The number of hydrogen-bond acceptors (Lipinski definition) is 4. The number of pyridine rings is 1. The van der Waals surface area contributed by atoms with Gasteiger partial charge in [0.15, 0.2) is 0 Å². The number of rotatable bonds is 3. The lowest BCUT2D eigenvalue weighted by Gasteiger charge is -2.33. The molecule has 3 heterocycles. The van der Waals surface area contributed by atoms with Crippen molar-refractivity contribution in [3.8, 4) is 17.2 Å². The largest absolute Gasteiger partial charge is 0.356 e. The van der Waals surface area contributed by atoms with Gasteiger partial charge in [-0.1, -0.05) is 18.2 Å². The van der Waals surface area contributed by atoms with Crippen molar-refractivity contribution in [1.29, 1.82) is 5.26 Å². The van der Waals surface area contributed by atoms with E-state index in [-0.39, 0.29) is 11.7 Å². The lowest BCUT2D eigenvalue weighted by atomic mass is 9.90. The Hall–Kier alpha value is -3.20. The average molecular weight is 347 g/mol. The van der Waals surface area contributed by atoms with E-state index in [9.17, 15) is 4.39 Å². The quantitative estimate of drug-likeness (QED) is 0.781. The summed E-state index contributed by atoms with van der Waals surface area (Å²) in [6.45, 7) is 1.72. The van der Waals surface area contributed by atoms with E-state index in [2.05, 4.69) is 26.2 Å². The highest BCUT2D eigenvalue weighted by molar-refractivity contribution is 5.66. The van der Waals surface area contributed by atoms with Gasteiger partial charge in [-0.3, -0.25) is 5.10 Å². The summed E-state index contributed by atoms with van der Waals surface area (Å²) in [4.78, 5) is 6.63. The van der Waals surface area contributed by atoms with Gasteiger partial charge in [0.25, 0.3) is 0 Å². The van der Waals surface area contributed by atoms with Crippen LogP contribution in [0.25, 0.3) is 11.1 Å². The van der Waals surface area contributed by atoms with Gasteiger partial charge < -0.3 is 4.90 Å². The molecule has 1 fully saturated rings. The first-order valence-electron chi connectivity index (χ1n) is 8.66. The van der Waals surface area contributed by atoms with Gasteiger partial charge in [-0.15, -0.1) is 0 Å². The number of nitriles is 1. The molecule has 0 radical (unpaired) electrons. The molecule has 0 spiro atoms. The van der Waals surface area contributed by atoms with Crippen LogP contribution in [0.4, 0.5) is 10.2 Å². The summed E-state index contributed by atoms with van der Waals surface area (Å²) in [6, 6.07) is 14.1. The van der Waals surface area contributed by atoms with Crippen LogP contribution in [0.15, 0.2) is 48.7 Å². The molecule has 1 saturated heterocycles. The third-order valence-electron chi connectivity index (χ3n) is 4.83. The minimum Gasteiger partial charge on any atom is -0.356 e. The number of nitrogens with one attached hydrogen (secondary N) is 1. The van der Waals surface area contributed by atoms with Crippen LogP contribution in [-0.4, -0.2) is 28.3 Å². The van der Waals surface area contributed by atoms with Crippen molar-refractivity contribution in [2.75, 3.05) is 18.0 Å². The van der Waals surface area contributed by atoms with Gasteiger partial charge >= 0.3 is 0 Å². The van der Waals surface area contributed by atoms with Crippen LogP contribution in [0.1, 0.15) is 30.1 Å². The number of nitrogens with zero attached hydrogens (tertiary/aromatic N) is 4. The molecule has 0 aliphatic carbocycles. The summed E-state index contributed by atoms with van der Waals surface area (Å²) in [7, 11) is 0. The number of hydrogen-bond donors (Lipinski definition) is 1. The Kier molecular flexibility index (Phi) is 4.36. The molecule has 2 aromatic heterocycles. The minimum atomic E-state index is -0.244. The molecular formula is C20H18FN5. The Labute approximate surface area is 151 Å². The normalized spacial score (nSPS) is 17.1. The molecule has 3 aromatic rings. The number of H-pyrrole nitrogens is 1. The Bertz CT molecular complexity index is 941. The van der Waals surface area contributed by atoms with Crippen LogP contribution >= 0.6 is 0 Å². The number of aromatic amines is 1. The van der Waals surface area contributed by atoms with E-state index in [0.29, 0.717) is 5.69 Å². The van der Waals surface area contributed by atoms with E-state index in [1.807, 2.05) is 12.1 Å². The first-order chi connectivity index (χ1) is 12.7. The van der Waals surface area contributed by atoms with Crippen LogP contribution in [0, 0.1) is 17.1 Å².